The second-order valence-electron chi connectivity index (χ2n) is 8.05. The summed E-state index contributed by atoms with van der Waals surface area (Å²) in [5, 5.41) is 13.8. The summed E-state index contributed by atoms with van der Waals surface area (Å²) < 4.78 is 1.47. The first-order chi connectivity index (χ1) is 14.4. The summed E-state index contributed by atoms with van der Waals surface area (Å²) in [5.41, 5.74) is -0.0260. The summed E-state index contributed by atoms with van der Waals surface area (Å²) in [6, 6.07) is 6.67. The molecule has 2 heterocycles. The van der Waals surface area contributed by atoms with Crippen LogP contribution in [0.4, 0.5) is 4.79 Å². The van der Waals surface area contributed by atoms with Gasteiger partial charge < -0.3 is 10.2 Å². The minimum absolute atomic E-state index is 0.173. The van der Waals surface area contributed by atoms with Crippen LogP contribution in [0.3, 0.4) is 0 Å². The molecule has 4 rings (SSSR count). The van der Waals surface area contributed by atoms with Crippen molar-refractivity contribution in [1.82, 2.24) is 35.3 Å². The lowest BCUT2D eigenvalue weighted by Gasteiger charge is -2.32. The molecule has 4 amide bonds. The monoisotopic (exact) mass is 411 g/mol. The molecule has 1 aliphatic carbocycles. The Bertz CT molecular complexity index is 955. The summed E-state index contributed by atoms with van der Waals surface area (Å²) in [6.45, 7) is 1.38. The number of nitrogens with one attached hydrogen (secondary N) is 1. The highest BCUT2D eigenvalue weighted by Crippen LogP contribution is 2.30. The van der Waals surface area contributed by atoms with Gasteiger partial charge in [-0.25, -0.2) is 9.48 Å². The van der Waals surface area contributed by atoms with Crippen LogP contribution in [0.15, 0.2) is 30.6 Å². The van der Waals surface area contributed by atoms with Crippen molar-refractivity contribution in [2.75, 3.05) is 13.6 Å². The van der Waals surface area contributed by atoms with Crippen LogP contribution in [0, 0.1) is 0 Å². The number of amides is 4. The maximum Gasteiger partial charge on any atom is 0.325 e. The van der Waals surface area contributed by atoms with Crippen molar-refractivity contribution in [2.24, 2.45) is 0 Å². The van der Waals surface area contributed by atoms with E-state index in [1.54, 1.807) is 43.1 Å². The zero-order valence-corrected chi connectivity index (χ0v) is 17.1. The Balaban J connectivity index is 1.52. The SMILES string of the molecule is CN(C(=O)CN1C(=O)N[C@@](C)(c2cccc(-n3cnnn3)c2)C1=O)C1CCCCC1. The molecular formula is C20H25N7O3. The van der Waals surface area contributed by atoms with Crippen LogP contribution in [0.5, 0.6) is 0 Å². The van der Waals surface area contributed by atoms with Crippen LogP contribution < -0.4 is 5.32 Å². The lowest BCUT2D eigenvalue weighted by molar-refractivity contribution is -0.139. The van der Waals surface area contributed by atoms with E-state index in [2.05, 4.69) is 20.8 Å². The first kappa shape index (κ1) is 20.0. The van der Waals surface area contributed by atoms with E-state index >= 15 is 0 Å². The fourth-order valence-corrected chi connectivity index (χ4v) is 4.19. The van der Waals surface area contributed by atoms with Gasteiger partial charge in [-0.15, -0.1) is 5.10 Å². The predicted octanol–water partition coefficient (Wildman–Crippen LogP) is 1.22. The average Bonchev–Trinajstić information content (AvgIpc) is 3.38. The van der Waals surface area contributed by atoms with Gasteiger partial charge in [0.25, 0.3) is 5.91 Å². The van der Waals surface area contributed by atoms with Crippen molar-refractivity contribution < 1.29 is 14.4 Å². The number of benzene rings is 1. The maximum atomic E-state index is 13.2. The van der Waals surface area contributed by atoms with Gasteiger partial charge in [-0.05, 0) is 47.9 Å². The van der Waals surface area contributed by atoms with Gasteiger partial charge in [-0.2, -0.15) is 0 Å². The molecule has 158 valence electrons. The fraction of sp³-hybridized carbons (Fsp3) is 0.500. The number of hydrogen-bond donors (Lipinski definition) is 1. The van der Waals surface area contributed by atoms with Crippen molar-refractivity contribution in [3.63, 3.8) is 0 Å². The number of aromatic nitrogens is 4. The molecule has 30 heavy (non-hydrogen) atoms. The average molecular weight is 411 g/mol. The minimum Gasteiger partial charge on any atom is -0.341 e. The number of nitrogens with zero attached hydrogens (tertiary/aromatic N) is 6. The molecule has 1 aliphatic heterocycles. The van der Waals surface area contributed by atoms with E-state index in [1.807, 2.05) is 0 Å². The van der Waals surface area contributed by atoms with E-state index in [9.17, 15) is 14.4 Å². The number of likely N-dealkylation sites (N-methyl/N-ethyl adjacent to an activating group) is 1. The van der Waals surface area contributed by atoms with E-state index in [0.29, 0.717) is 11.3 Å². The second kappa shape index (κ2) is 7.85. The van der Waals surface area contributed by atoms with Crippen molar-refractivity contribution in [1.29, 1.82) is 0 Å². The molecule has 1 atom stereocenters. The summed E-state index contributed by atoms with van der Waals surface area (Å²) in [7, 11) is 1.76. The standard InChI is InChI=1S/C20H25N7O3/c1-20(14-7-6-10-16(11-14)27-13-21-23-24-27)18(29)26(19(30)22-20)12-17(28)25(2)15-8-4-3-5-9-15/h6-7,10-11,13,15H,3-5,8-9,12H2,1-2H3,(H,22,30)/t20-/m0/s1. The molecule has 1 aromatic heterocycles. The molecule has 1 saturated carbocycles. The number of urea groups is 1. The molecule has 2 aliphatic rings. The molecular weight excluding hydrogens is 386 g/mol. The van der Waals surface area contributed by atoms with Gasteiger partial charge in [-0.1, -0.05) is 31.4 Å². The lowest BCUT2D eigenvalue weighted by Crippen LogP contribution is -2.46. The third-order valence-electron chi connectivity index (χ3n) is 6.12. The number of carbonyl (C=O) groups excluding carboxylic acids is 3. The molecule has 2 aromatic rings. The van der Waals surface area contributed by atoms with E-state index in [-0.39, 0.29) is 18.5 Å². The number of hydrogen-bond acceptors (Lipinski definition) is 6. The van der Waals surface area contributed by atoms with Crippen molar-refractivity contribution in [3.8, 4) is 5.69 Å². The van der Waals surface area contributed by atoms with Crippen molar-refractivity contribution in [3.05, 3.63) is 36.2 Å². The van der Waals surface area contributed by atoms with E-state index < -0.39 is 17.5 Å². The van der Waals surface area contributed by atoms with Crippen LogP contribution >= 0.6 is 0 Å². The Morgan fingerprint density at radius 1 is 1.27 bits per heavy atom. The molecule has 10 heteroatoms. The number of tetrazole rings is 1. The minimum atomic E-state index is -1.27. The third kappa shape index (κ3) is 3.53. The normalized spacial score (nSPS) is 22.3. The molecule has 0 unspecified atom stereocenters. The summed E-state index contributed by atoms with van der Waals surface area (Å²) in [4.78, 5) is 41.3. The molecule has 1 aromatic carbocycles. The van der Waals surface area contributed by atoms with Crippen LogP contribution in [0.2, 0.25) is 0 Å². The molecule has 0 radical (unpaired) electrons. The van der Waals surface area contributed by atoms with Crippen LogP contribution in [0.1, 0.15) is 44.6 Å². The van der Waals surface area contributed by atoms with E-state index in [0.717, 1.165) is 30.6 Å². The topological polar surface area (TPSA) is 113 Å². The maximum absolute atomic E-state index is 13.2. The smallest absolute Gasteiger partial charge is 0.325 e. The van der Waals surface area contributed by atoms with E-state index in [4.69, 9.17) is 0 Å². The summed E-state index contributed by atoms with van der Waals surface area (Å²) in [5.74, 6) is -0.677. The Morgan fingerprint density at radius 2 is 2.03 bits per heavy atom. The highest BCUT2D eigenvalue weighted by molar-refractivity contribution is 6.09. The van der Waals surface area contributed by atoms with Crippen LogP contribution in [-0.4, -0.2) is 67.5 Å². The second-order valence-corrected chi connectivity index (χ2v) is 8.05. The molecule has 0 bridgehead atoms. The first-order valence-corrected chi connectivity index (χ1v) is 10.1. The third-order valence-corrected chi connectivity index (χ3v) is 6.12. The highest BCUT2D eigenvalue weighted by Gasteiger charge is 2.50. The molecule has 1 N–H and O–H groups in total. The van der Waals surface area contributed by atoms with Gasteiger partial charge in [0, 0.05) is 13.1 Å². The fourth-order valence-electron chi connectivity index (χ4n) is 4.19. The van der Waals surface area contributed by atoms with Gasteiger partial charge >= 0.3 is 6.03 Å². The largest absolute Gasteiger partial charge is 0.341 e. The van der Waals surface area contributed by atoms with E-state index in [1.165, 1.54) is 17.4 Å². The number of rotatable bonds is 5. The quantitative estimate of drug-likeness (QED) is 0.740. The highest BCUT2D eigenvalue weighted by atomic mass is 16.2. The number of imide groups is 1. The first-order valence-electron chi connectivity index (χ1n) is 10.1. The zero-order chi connectivity index (χ0) is 21.3. The lowest BCUT2D eigenvalue weighted by atomic mass is 9.91. The molecule has 10 nitrogen and oxygen atoms in total. The van der Waals surface area contributed by atoms with Gasteiger partial charge in [0.15, 0.2) is 0 Å². The van der Waals surface area contributed by atoms with Crippen molar-refractivity contribution >= 4 is 17.8 Å². The molecule has 1 saturated heterocycles. The van der Waals surface area contributed by atoms with Gasteiger partial charge in [0.05, 0.1) is 5.69 Å². The van der Waals surface area contributed by atoms with Crippen molar-refractivity contribution in [2.45, 2.75) is 50.6 Å². The van der Waals surface area contributed by atoms with Crippen LogP contribution in [0.25, 0.3) is 5.69 Å². The van der Waals surface area contributed by atoms with Gasteiger partial charge in [0.2, 0.25) is 5.91 Å². The Hall–Kier alpha value is -3.30. The predicted molar refractivity (Wildman–Crippen MR) is 106 cm³/mol. The summed E-state index contributed by atoms with van der Waals surface area (Å²) >= 11 is 0. The molecule has 0 spiro atoms. The van der Waals surface area contributed by atoms with Crippen LogP contribution in [-0.2, 0) is 15.1 Å². The van der Waals surface area contributed by atoms with Gasteiger partial charge in [0.1, 0.15) is 18.4 Å². The Morgan fingerprint density at radius 3 is 2.73 bits per heavy atom. The summed E-state index contributed by atoms with van der Waals surface area (Å²) in [6.07, 6.45) is 6.76. The zero-order valence-electron chi connectivity index (χ0n) is 17.1. The Labute approximate surface area is 174 Å². The number of carbonyl (C=O) groups is 3. The Kier molecular flexibility index (Phi) is 5.23. The van der Waals surface area contributed by atoms with Gasteiger partial charge in [-0.3, -0.25) is 14.5 Å². The molecule has 2 fully saturated rings.